The second-order valence-electron chi connectivity index (χ2n) is 6.17. The Morgan fingerprint density at radius 2 is 1.67 bits per heavy atom. The van der Waals surface area contributed by atoms with Gasteiger partial charge in [-0.15, -0.1) is 10.5 Å². The zero-order valence-corrected chi connectivity index (χ0v) is 13.5. The van der Waals surface area contributed by atoms with Crippen molar-refractivity contribution < 1.29 is 0 Å². The molecule has 1 heterocycles. The van der Waals surface area contributed by atoms with Gasteiger partial charge in [0.05, 0.1) is 0 Å². The Hall–Kier alpha value is -1.38. The van der Waals surface area contributed by atoms with Crippen LogP contribution in [0.15, 0.2) is 28.5 Å². The summed E-state index contributed by atoms with van der Waals surface area (Å²) >= 11 is 0. The summed E-state index contributed by atoms with van der Waals surface area (Å²) in [5, 5.41) is 7.95. The molecule has 115 valence electrons. The summed E-state index contributed by atoms with van der Waals surface area (Å²) in [6.07, 6.45) is 12.3. The largest absolute Gasteiger partial charge is 0.128 e. The first-order chi connectivity index (χ1) is 10.3. The Balaban J connectivity index is 1.65. The molecule has 0 saturated heterocycles. The van der Waals surface area contributed by atoms with E-state index in [-0.39, 0.29) is 0 Å². The lowest BCUT2D eigenvalue weighted by Crippen LogP contribution is -1.95. The van der Waals surface area contributed by atoms with E-state index in [0.29, 0.717) is 5.92 Å². The van der Waals surface area contributed by atoms with Gasteiger partial charge in [0.15, 0.2) is 0 Å². The molecule has 1 aromatic rings. The Morgan fingerprint density at radius 3 is 2.43 bits per heavy atom. The molecule has 1 aliphatic heterocycles. The van der Waals surface area contributed by atoms with Crippen molar-refractivity contribution in [2.45, 2.75) is 77.6 Å². The summed E-state index contributed by atoms with van der Waals surface area (Å²) in [5.74, 6) is 0.548. The quantitative estimate of drug-likeness (QED) is 0.436. The minimum absolute atomic E-state index is 0.548. The van der Waals surface area contributed by atoms with Gasteiger partial charge in [0, 0.05) is 0 Å². The molecule has 3 heteroatoms. The fourth-order valence-corrected chi connectivity index (χ4v) is 2.99. The molecule has 0 aliphatic carbocycles. The first kappa shape index (κ1) is 16.0. The third-order valence-electron chi connectivity index (χ3n) is 4.36. The predicted octanol–water partition coefficient (Wildman–Crippen LogP) is 6.57. The molecule has 3 nitrogen and oxygen atoms in total. The van der Waals surface area contributed by atoms with E-state index in [9.17, 15) is 0 Å². The van der Waals surface area contributed by atoms with Crippen molar-refractivity contribution in [3.63, 3.8) is 0 Å². The van der Waals surface area contributed by atoms with Crippen LogP contribution in [-0.2, 0) is 0 Å². The normalized spacial score (nSPS) is 14.0. The number of benzene rings is 1. The molecule has 1 unspecified atom stereocenters. The van der Waals surface area contributed by atoms with Crippen molar-refractivity contribution in [1.82, 2.24) is 5.43 Å². The third-order valence-corrected chi connectivity index (χ3v) is 4.36. The summed E-state index contributed by atoms with van der Waals surface area (Å²) in [4.78, 5) is 0. The smallest absolute Gasteiger partial charge is 0.119 e. The van der Waals surface area contributed by atoms with Crippen LogP contribution in [0, 0.1) is 0 Å². The maximum Gasteiger partial charge on any atom is 0.119 e. The van der Waals surface area contributed by atoms with Crippen LogP contribution in [0.1, 0.15) is 83.1 Å². The van der Waals surface area contributed by atoms with Crippen LogP contribution in [0.25, 0.3) is 0 Å². The highest BCUT2D eigenvalue weighted by Gasteiger charge is 2.17. The van der Waals surface area contributed by atoms with Crippen LogP contribution in [0.3, 0.4) is 0 Å². The molecule has 0 N–H and O–H groups in total. The molecule has 1 aliphatic rings. The molecular weight excluding hydrogens is 258 g/mol. The number of unbranched alkanes of at least 4 members (excludes halogenated alkanes) is 7. The second kappa shape index (κ2) is 8.81. The van der Waals surface area contributed by atoms with Crippen LogP contribution in [0.2, 0.25) is 0 Å². The van der Waals surface area contributed by atoms with Gasteiger partial charge < -0.3 is 0 Å². The van der Waals surface area contributed by atoms with E-state index in [1.54, 1.807) is 0 Å². The Labute approximate surface area is 129 Å². The van der Waals surface area contributed by atoms with E-state index in [0.717, 1.165) is 11.4 Å². The fourth-order valence-electron chi connectivity index (χ4n) is 2.99. The zero-order chi connectivity index (χ0) is 14.9. The summed E-state index contributed by atoms with van der Waals surface area (Å²) in [7, 11) is 0. The Kier molecular flexibility index (Phi) is 6.71. The highest BCUT2D eigenvalue weighted by atomic mass is 15.5. The predicted molar refractivity (Wildman–Crippen MR) is 88.4 cm³/mol. The molecule has 0 fully saturated rings. The number of hydrogen-bond donors (Lipinski definition) is 0. The Bertz CT molecular complexity index is 454. The number of fused-ring (bicyclic) bond motifs is 1. The van der Waals surface area contributed by atoms with Crippen LogP contribution in [-0.4, -0.2) is 0 Å². The molecule has 1 radical (unpaired) electrons. The standard InChI is InChI=1S/C18H28N3/c1-3-4-5-6-7-8-9-10-12-15(2)16-13-11-14-17-18(16)20-21-19-17/h11,13-15H,3-10,12H2,1-2H3. The van der Waals surface area contributed by atoms with Gasteiger partial charge in [-0.25, -0.2) is 0 Å². The summed E-state index contributed by atoms with van der Waals surface area (Å²) in [5.41, 5.74) is 7.27. The lowest BCUT2D eigenvalue weighted by molar-refractivity contribution is 0.544. The molecule has 0 aromatic heterocycles. The van der Waals surface area contributed by atoms with Gasteiger partial charge in [0.2, 0.25) is 0 Å². The molecule has 2 rings (SSSR count). The van der Waals surface area contributed by atoms with Crippen molar-refractivity contribution in [2.75, 3.05) is 0 Å². The first-order valence-corrected chi connectivity index (χ1v) is 8.57. The number of rotatable bonds is 10. The van der Waals surface area contributed by atoms with Gasteiger partial charge in [-0.3, -0.25) is 0 Å². The van der Waals surface area contributed by atoms with Crippen molar-refractivity contribution in [1.29, 1.82) is 0 Å². The molecular formula is C18H28N3. The van der Waals surface area contributed by atoms with E-state index in [4.69, 9.17) is 0 Å². The maximum absolute atomic E-state index is 4.16. The average Bonchev–Trinajstić information content (AvgIpc) is 2.98. The van der Waals surface area contributed by atoms with Crippen molar-refractivity contribution in [2.24, 2.45) is 10.3 Å². The average molecular weight is 286 g/mol. The monoisotopic (exact) mass is 286 g/mol. The summed E-state index contributed by atoms with van der Waals surface area (Å²) < 4.78 is 0. The van der Waals surface area contributed by atoms with Gasteiger partial charge in [-0.2, -0.15) is 0 Å². The highest BCUT2D eigenvalue weighted by molar-refractivity contribution is 5.67. The van der Waals surface area contributed by atoms with Gasteiger partial charge >= 0.3 is 0 Å². The van der Waals surface area contributed by atoms with Crippen molar-refractivity contribution >= 4 is 11.4 Å². The van der Waals surface area contributed by atoms with Crippen LogP contribution < -0.4 is 5.43 Å². The van der Waals surface area contributed by atoms with Crippen LogP contribution >= 0.6 is 0 Å². The topological polar surface area (TPSA) is 38.8 Å². The third kappa shape index (κ3) is 4.83. The lowest BCUT2D eigenvalue weighted by atomic mass is 9.93. The van der Waals surface area contributed by atoms with E-state index >= 15 is 0 Å². The SMILES string of the molecule is CCCCCCCCCCC(C)c1cccc2c1N=N[N]2. The molecule has 0 spiro atoms. The Morgan fingerprint density at radius 1 is 0.952 bits per heavy atom. The van der Waals surface area contributed by atoms with Gasteiger partial charge in [-0.1, -0.05) is 77.3 Å². The summed E-state index contributed by atoms with van der Waals surface area (Å²) in [6.45, 7) is 4.57. The van der Waals surface area contributed by atoms with E-state index in [1.165, 1.54) is 63.4 Å². The molecule has 1 atom stereocenters. The molecule has 0 bridgehead atoms. The fraction of sp³-hybridized carbons (Fsp3) is 0.667. The van der Waals surface area contributed by atoms with E-state index in [2.05, 4.69) is 41.7 Å². The van der Waals surface area contributed by atoms with Crippen LogP contribution in [0.4, 0.5) is 11.4 Å². The molecule has 0 saturated carbocycles. The van der Waals surface area contributed by atoms with Gasteiger partial charge in [0.1, 0.15) is 11.4 Å². The maximum atomic E-state index is 4.16. The molecule has 21 heavy (non-hydrogen) atoms. The van der Waals surface area contributed by atoms with Crippen molar-refractivity contribution in [3.8, 4) is 0 Å². The minimum Gasteiger partial charge on any atom is -0.128 e. The number of hydrogen-bond acceptors (Lipinski definition) is 2. The van der Waals surface area contributed by atoms with E-state index in [1.807, 2.05) is 6.07 Å². The van der Waals surface area contributed by atoms with E-state index < -0.39 is 0 Å². The zero-order valence-electron chi connectivity index (χ0n) is 13.5. The van der Waals surface area contributed by atoms with Gasteiger partial charge in [0.25, 0.3) is 0 Å². The first-order valence-electron chi connectivity index (χ1n) is 8.57. The second-order valence-corrected chi connectivity index (χ2v) is 6.17. The molecule has 0 amide bonds. The van der Waals surface area contributed by atoms with Crippen molar-refractivity contribution in [3.05, 3.63) is 23.8 Å². The minimum atomic E-state index is 0.548. The molecule has 1 aromatic carbocycles. The number of nitrogens with zero attached hydrogens (tertiary/aromatic N) is 3. The lowest BCUT2D eigenvalue weighted by Gasteiger charge is -2.13. The van der Waals surface area contributed by atoms with Gasteiger partial charge in [-0.05, 0) is 29.2 Å². The van der Waals surface area contributed by atoms with Crippen LogP contribution in [0.5, 0.6) is 0 Å². The highest BCUT2D eigenvalue weighted by Crippen LogP contribution is 2.39. The summed E-state index contributed by atoms with van der Waals surface area (Å²) in [6, 6.07) is 6.23.